The number of rotatable bonds is 11. The first-order valence-corrected chi connectivity index (χ1v) is 10.5. The lowest BCUT2D eigenvalue weighted by Crippen LogP contribution is -2.37. The summed E-state index contributed by atoms with van der Waals surface area (Å²) >= 11 is 5.94. The quantitative estimate of drug-likeness (QED) is 0.302. The summed E-state index contributed by atoms with van der Waals surface area (Å²) in [5.41, 5.74) is 3.71. The second kappa shape index (κ2) is 11.5. The molecule has 3 aromatic carbocycles. The summed E-state index contributed by atoms with van der Waals surface area (Å²) in [4.78, 5) is 0. The minimum atomic E-state index is -0.0828. The van der Waals surface area contributed by atoms with Gasteiger partial charge in [-0.2, -0.15) is 0 Å². The highest BCUT2D eigenvalue weighted by Crippen LogP contribution is 2.39. The van der Waals surface area contributed by atoms with Crippen LogP contribution in [0.15, 0.2) is 66.7 Å². The zero-order valence-corrected chi connectivity index (χ0v) is 18.2. The lowest BCUT2D eigenvalue weighted by Gasteiger charge is -2.19. The first-order valence-electron chi connectivity index (χ1n) is 10.1. The summed E-state index contributed by atoms with van der Waals surface area (Å²) in [6.45, 7) is 0.981. The predicted octanol–water partition coefficient (Wildman–Crippen LogP) is 4.59. The van der Waals surface area contributed by atoms with Gasteiger partial charge in [0.1, 0.15) is 6.61 Å². The third-order valence-electron chi connectivity index (χ3n) is 4.95. The van der Waals surface area contributed by atoms with E-state index < -0.39 is 0 Å². The summed E-state index contributed by atoms with van der Waals surface area (Å²) in [6, 6.07) is 21.2. The minimum absolute atomic E-state index is 0.0231. The van der Waals surface area contributed by atoms with E-state index in [1.165, 1.54) is 6.21 Å². The molecule has 1 unspecified atom stereocenters. The van der Waals surface area contributed by atoms with Crippen molar-refractivity contribution in [3.8, 4) is 22.6 Å². The molecule has 0 spiro atoms. The van der Waals surface area contributed by atoms with E-state index in [0.717, 1.165) is 22.3 Å². The van der Waals surface area contributed by atoms with Crippen molar-refractivity contribution >= 4 is 17.8 Å². The molecule has 0 aliphatic carbocycles. The number of benzene rings is 3. The summed E-state index contributed by atoms with van der Waals surface area (Å²) in [5, 5.41) is 21.4. The van der Waals surface area contributed by atoms with E-state index in [0.29, 0.717) is 36.1 Å². The van der Waals surface area contributed by atoms with E-state index in [2.05, 4.69) is 5.32 Å². The Morgan fingerprint density at radius 2 is 1.84 bits per heavy atom. The summed E-state index contributed by atoms with van der Waals surface area (Å²) in [7, 11) is 1.59. The Labute approximate surface area is 188 Å². The average Bonchev–Trinajstić information content (AvgIpc) is 2.82. The van der Waals surface area contributed by atoms with Crippen LogP contribution in [0, 0.1) is 5.41 Å². The van der Waals surface area contributed by atoms with Crippen molar-refractivity contribution in [2.24, 2.45) is 0 Å². The summed E-state index contributed by atoms with van der Waals surface area (Å²) < 4.78 is 11.7. The fraction of sp³-hybridized carbons (Fsp3) is 0.240. The highest BCUT2D eigenvalue weighted by molar-refractivity contribution is 6.30. The second-order valence-electron chi connectivity index (χ2n) is 7.12. The van der Waals surface area contributed by atoms with Crippen LogP contribution in [0.4, 0.5) is 0 Å². The van der Waals surface area contributed by atoms with Crippen LogP contribution >= 0.6 is 11.6 Å². The molecule has 0 aliphatic rings. The van der Waals surface area contributed by atoms with Crippen molar-refractivity contribution in [3.05, 3.63) is 82.9 Å². The highest BCUT2D eigenvalue weighted by atomic mass is 35.5. The van der Waals surface area contributed by atoms with Gasteiger partial charge in [0.15, 0.2) is 11.5 Å². The number of methoxy groups -OCH3 is 1. The molecule has 0 saturated carbocycles. The van der Waals surface area contributed by atoms with Crippen molar-refractivity contribution in [2.45, 2.75) is 12.5 Å². The molecule has 6 heteroatoms. The molecule has 3 N–H and O–H groups in total. The van der Waals surface area contributed by atoms with E-state index in [1.807, 2.05) is 60.7 Å². The van der Waals surface area contributed by atoms with Gasteiger partial charge < -0.3 is 25.3 Å². The fourth-order valence-electron chi connectivity index (χ4n) is 3.36. The van der Waals surface area contributed by atoms with Crippen LogP contribution in [0.5, 0.6) is 11.5 Å². The van der Waals surface area contributed by atoms with Crippen molar-refractivity contribution in [3.63, 3.8) is 0 Å². The monoisotopic (exact) mass is 438 g/mol. The van der Waals surface area contributed by atoms with Crippen LogP contribution in [-0.4, -0.2) is 44.2 Å². The van der Waals surface area contributed by atoms with Crippen LogP contribution in [-0.2, 0) is 6.42 Å². The molecule has 31 heavy (non-hydrogen) atoms. The lowest BCUT2D eigenvalue weighted by molar-refractivity contribution is 0.228. The van der Waals surface area contributed by atoms with Gasteiger partial charge in [-0.15, -0.1) is 0 Å². The van der Waals surface area contributed by atoms with Gasteiger partial charge in [-0.1, -0.05) is 54.1 Å². The SMILES string of the molecule is COc1cc(C=N)cc(-c2ccccc2)c1OCCNC(CO)Cc1ccc(Cl)cc1. The average molecular weight is 439 g/mol. The maximum absolute atomic E-state index is 9.72. The Morgan fingerprint density at radius 3 is 2.48 bits per heavy atom. The molecule has 0 radical (unpaired) electrons. The largest absolute Gasteiger partial charge is 0.493 e. The maximum Gasteiger partial charge on any atom is 0.169 e. The molecule has 0 fully saturated rings. The van der Waals surface area contributed by atoms with E-state index in [4.69, 9.17) is 26.5 Å². The summed E-state index contributed by atoms with van der Waals surface area (Å²) in [6.07, 6.45) is 1.99. The molecule has 0 aliphatic heterocycles. The summed E-state index contributed by atoms with van der Waals surface area (Å²) in [5.74, 6) is 1.22. The Kier molecular flexibility index (Phi) is 8.47. The van der Waals surface area contributed by atoms with Crippen LogP contribution < -0.4 is 14.8 Å². The molecule has 162 valence electrons. The number of aliphatic hydroxyl groups excluding tert-OH is 1. The zero-order valence-electron chi connectivity index (χ0n) is 17.5. The Hall–Kier alpha value is -2.86. The third kappa shape index (κ3) is 6.31. The van der Waals surface area contributed by atoms with Gasteiger partial charge in [-0.3, -0.25) is 0 Å². The second-order valence-corrected chi connectivity index (χ2v) is 7.56. The van der Waals surface area contributed by atoms with Gasteiger partial charge in [0.05, 0.1) is 13.7 Å². The maximum atomic E-state index is 9.72. The minimum Gasteiger partial charge on any atom is -0.493 e. The topological polar surface area (TPSA) is 74.6 Å². The number of ether oxygens (including phenoxy) is 2. The first kappa shape index (κ1) is 22.8. The van der Waals surface area contributed by atoms with Gasteiger partial charge in [-0.25, -0.2) is 0 Å². The lowest BCUT2D eigenvalue weighted by atomic mass is 10.0. The molecule has 0 bridgehead atoms. The van der Waals surface area contributed by atoms with Crippen LogP contribution in [0.1, 0.15) is 11.1 Å². The smallest absolute Gasteiger partial charge is 0.169 e. The predicted molar refractivity (Wildman–Crippen MR) is 126 cm³/mol. The molecule has 0 heterocycles. The molecule has 1 atom stereocenters. The number of hydrogen-bond donors (Lipinski definition) is 3. The molecule has 5 nitrogen and oxygen atoms in total. The molecule has 3 aromatic rings. The van der Waals surface area contributed by atoms with Gasteiger partial charge >= 0.3 is 0 Å². The number of halogens is 1. The first-order chi connectivity index (χ1) is 15.1. The van der Waals surface area contributed by atoms with Crippen LogP contribution in [0.3, 0.4) is 0 Å². The third-order valence-corrected chi connectivity index (χ3v) is 5.20. The molecule has 3 rings (SSSR count). The van der Waals surface area contributed by atoms with Crippen molar-refractivity contribution in [1.29, 1.82) is 5.41 Å². The Morgan fingerprint density at radius 1 is 1.10 bits per heavy atom. The van der Waals surface area contributed by atoms with E-state index in [1.54, 1.807) is 13.2 Å². The van der Waals surface area contributed by atoms with E-state index in [-0.39, 0.29) is 12.6 Å². The number of hydrogen-bond acceptors (Lipinski definition) is 5. The van der Waals surface area contributed by atoms with Gasteiger partial charge in [0.25, 0.3) is 0 Å². The molecular formula is C25H27ClN2O3. The molecule has 0 amide bonds. The van der Waals surface area contributed by atoms with Crippen molar-refractivity contribution in [1.82, 2.24) is 5.32 Å². The van der Waals surface area contributed by atoms with Crippen molar-refractivity contribution < 1.29 is 14.6 Å². The Bertz CT molecular complexity index is 978. The number of nitrogens with one attached hydrogen (secondary N) is 2. The van der Waals surface area contributed by atoms with Crippen LogP contribution in [0.2, 0.25) is 5.02 Å². The van der Waals surface area contributed by atoms with Crippen molar-refractivity contribution in [2.75, 3.05) is 26.9 Å². The van der Waals surface area contributed by atoms with Crippen LogP contribution in [0.25, 0.3) is 11.1 Å². The highest BCUT2D eigenvalue weighted by Gasteiger charge is 2.15. The van der Waals surface area contributed by atoms with Gasteiger partial charge in [-0.05, 0) is 47.4 Å². The van der Waals surface area contributed by atoms with E-state index in [9.17, 15) is 5.11 Å². The normalized spacial score (nSPS) is 11.7. The van der Waals surface area contributed by atoms with Gasteiger partial charge in [0, 0.05) is 29.4 Å². The molecular weight excluding hydrogens is 412 g/mol. The standard InChI is InChI=1S/C25H27ClN2O3/c1-30-24-15-19(16-27)14-23(20-5-3-2-4-6-20)25(24)31-12-11-28-22(17-29)13-18-7-9-21(26)10-8-18/h2-10,14-16,22,27-29H,11-13,17H2,1H3. The van der Waals surface area contributed by atoms with Gasteiger partial charge in [0.2, 0.25) is 0 Å². The van der Waals surface area contributed by atoms with E-state index >= 15 is 0 Å². The molecule has 0 aromatic heterocycles. The fourth-order valence-corrected chi connectivity index (χ4v) is 3.49. The Balaban J connectivity index is 1.67. The number of aliphatic hydroxyl groups is 1. The zero-order chi connectivity index (χ0) is 22.1. The molecule has 0 saturated heterocycles.